The molecule has 0 rings (SSSR count). The lowest BCUT2D eigenvalue weighted by Crippen LogP contribution is -2.15. The van der Waals surface area contributed by atoms with Gasteiger partial charge in [0, 0.05) is 0 Å². The highest BCUT2D eigenvalue weighted by Crippen LogP contribution is 1.89. The van der Waals surface area contributed by atoms with E-state index in [9.17, 15) is 9.59 Å². The van der Waals surface area contributed by atoms with Crippen molar-refractivity contribution in [1.82, 2.24) is 0 Å². The lowest BCUT2D eigenvalue weighted by molar-refractivity contribution is -0.142. The van der Waals surface area contributed by atoms with E-state index in [-0.39, 0.29) is 24.8 Å². The van der Waals surface area contributed by atoms with E-state index in [0.29, 0.717) is 92.5 Å². The summed E-state index contributed by atoms with van der Waals surface area (Å²) in [5.41, 5.74) is 0. The minimum atomic E-state index is -0.288. The number of carbonyl (C=O) groups excluding carboxylic acids is 2. The molecule has 0 spiro atoms. The molecule has 0 aromatic heterocycles. The molecule has 0 saturated heterocycles. The van der Waals surface area contributed by atoms with Crippen molar-refractivity contribution in [3.63, 3.8) is 0 Å². The summed E-state index contributed by atoms with van der Waals surface area (Å²) in [6.45, 7) is 6.25. The number of ether oxygens (including phenoxy) is 9. The number of methoxy groups -OCH3 is 2. The summed E-state index contributed by atoms with van der Waals surface area (Å²) < 4.78 is 46.3. The molecule has 184 valence electrons. The molecule has 11 nitrogen and oxygen atoms in total. The Hall–Kier alpha value is -1.34. The highest BCUT2D eigenvalue weighted by atomic mass is 16.6. The predicted octanol–water partition coefficient (Wildman–Crippen LogP) is 0.229. The van der Waals surface area contributed by atoms with Crippen LogP contribution in [0.5, 0.6) is 0 Å². The maximum Gasteiger partial charge on any atom is 0.307 e. The van der Waals surface area contributed by atoms with Crippen molar-refractivity contribution in [3.05, 3.63) is 0 Å². The molecule has 31 heavy (non-hydrogen) atoms. The van der Waals surface area contributed by atoms with E-state index in [1.807, 2.05) is 0 Å². The first-order valence-electron chi connectivity index (χ1n) is 10.4. The van der Waals surface area contributed by atoms with Gasteiger partial charge >= 0.3 is 11.9 Å². The Morgan fingerprint density at radius 3 is 0.774 bits per heavy atom. The maximum atomic E-state index is 10.9. The minimum Gasteiger partial charge on any atom is -0.469 e. The van der Waals surface area contributed by atoms with E-state index < -0.39 is 0 Å². The van der Waals surface area contributed by atoms with E-state index in [1.165, 1.54) is 14.2 Å². The van der Waals surface area contributed by atoms with Crippen LogP contribution in [0.3, 0.4) is 0 Å². The van der Waals surface area contributed by atoms with Crippen LogP contribution in [0.15, 0.2) is 0 Å². The largest absolute Gasteiger partial charge is 0.469 e. The zero-order chi connectivity index (χ0) is 22.8. The van der Waals surface area contributed by atoms with Crippen molar-refractivity contribution < 1.29 is 52.2 Å². The van der Waals surface area contributed by atoms with Crippen LogP contribution in [-0.4, -0.2) is 119 Å². The van der Waals surface area contributed by atoms with Gasteiger partial charge in [-0.15, -0.1) is 0 Å². The summed E-state index contributed by atoms with van der Waals surface area (Å²) in [5.74, 6) is -0.575. The number of carbonyl (C=O) groups is 2. The molecule has 0 aliphatic carbocycles. The van der Waals surface area contributed by atoms with Gasteiger partial charge in [0.2, 0.25) is 0 Å². The van der Waals surface area contributed by atoms with Gasteiger partial charge in [-0.05, 0) is 0 Å². The number of rotatable bonds is 24. The summed E-state index contributed by atoms with van der Waals surface area (Å²) in [4.78, 5) is 21.7. The van der Waals surface area contributed by atoms with Gasteiger partial charge in [-0.1, -0.05) is 0 Å². The van der Waals surface area contributed by atoms with Gasteiger partial charge < -0.3 is 42.6 Å². The molecule has 0 radical (unpaired) electrons. The highest BCUT2D eigenvalue weighted by Gasteiger charge is 2.00. The maximum absolute atomic E-state index is 10.9. The summed E-state index contributed by atoms with van der Waals surface area (Å²) in [7, 11) is 2.70. The Kier molecular flexibility index (Phi) is 23.8. The molecular formula is C20H38O11. The molecule has 0 N–H and O–H groups in total. The topological polar surface area (TPSA) is 117 Å². The molecule has 0 amide bonds. The third-order valence-electron chi connectivity index (χ3n) is 3.59. The van der Waals surface area contributed by atoms with Crippen molar-refractivity contribution in [2.75, 3.05) is 107 Å². The van der Waals surface area contributed by atoms with Gasteiger partial charge in [0.15, 0.2) is 0 Å². The molecule has 0 saturated carbocycles. The lowest BCUT2D eigenvalue weighted by atomic mass is 10.5. The van der Waals surface area contributed by atoms with Crippen LogP contribution in [0.4, 0.5) is 0 Å². The minimum absolute atomic E-state index is 0.245. The third kappa shape index (κ3) is 24.8. The van der Waals surface area contributed by atoms with Crippen molar-refractivity contribution >= 4 is 11.9 Å². The molecule has 0 aromatic carbocycles. The first-order valence-corrected chi connectivity index (χ1v) is 10.4. The van der Waals surface area contributed by atoms with Gasteiger partial charge in [-0.25, -0.2) is 0 Å². The molecule has 0 heterocycles. The molecule has 0 unspecified atom stereocenters. The smallest absolute Gasteiger partial charge is 0.307 e. The Balaban J connectivity index is 3.05. The van der Waals surface area contributed by atoms with E-state index >= 15 is 0 Å². The first kappa shape index (κ1) is 29.7. The van der Waals surface area contributed by atoms with Crippen molar-refractivity contribution in [3.8, 4) is 0 Å². The normalized spacial score (nSPS) is 10.9. The SMILES string of the molecule is COC(=O)CCOCCOCCOCCOCCOCCOCCOCCC(=O)OC. The molecular weight excluding hydrogens is 416 g/mol. The zero-order valence-electron chi connectivity index (χ0n) is 18.8. The Labute approximate surface area is 184 Å². The average Bonchev–Trinajstić information content (AvgIpc) is 2.79. The first-order chi connectivity index (χ1) is 15.2. The Morgan fingerprint density at radius 1 is 0.387 bits per heavy atom. The molecule has 0 aliphatic rings. The van der Waals surface area contributed by atoms with Crippen LogP contribution in [0.1, 0.15) is 12.8 Å². The summed E-state index contributed by atoms with van der Waals surface area (Å²) in [6, 6.07) is 0. The molecule has 0 fully saturated rings. The second-order valence-corrected chi connectivity index (χ2v) is 5.94. The summed E-state index contributed by atoms with van der Waals surface area (Å²) >= 11 is 0. The molecule has 0 atom stereocenters. The summed E-state index contributed by atoms with van der Waals surface area (Å²) in [5, 5.41) is 0. The number of esters is 2. The van der Waals surface area contributed by atoms with E-state index in [4.69, 9.17) is 33.2 Å². The van der Waals surface area contributed by atoms with Gasteiger partial charge in [0.25, 0.3) is 0 Å². The molecule has 0 bridgehead atoms. The average molecular weight is 455 g/mol. The van der Waals surface area contributed by atoms with Crippen LogP contribution in [0.2, 0.25) is 0 Å². The fraction of sp³-hybridized carbons (Fsp3) is 0.900. The fourth-order valence-electron chi connectivity index (χ4n) is 1.94. The van der Waals surface area contributed by atoms with E-state index in [1.54, 1.807) is 0 Å². The van der Waals surface area contributed by atoms with Crippen molar-refractivity contribution in [2.45, 2.75) is 12.8 Å². The number of hydrogen-bond acceptors (Lipinski definition) is 11. The van der Waals surface area contributed by atoms with Crippen molar-refractivity contribution in [1.29, 1.82) is 0 Å². The van der Waals surface area contributed by atoms with Gasteiger partial charge in [-0.2, -0.15) is 0 Å². The summed E-state index contributed by atoms with van der Waals surface area (Å²) in [6.07, 6.45) is 0.490. The van der Waals surface area contributed by atoms with Crippen LogP contribution in [-0.2, 0) is 52.2 Å². The third-order valence-corrected chi connectivity index (χ3v) is 3.59. The standard InChI is InChI=1S/C20H38O11/c1-23-19(21)3-5-25-7-9-27-11-13-29-15-17-31-18-16-30-14-12-28-10-8-26-6-4-20(22)24-2/h3-18H2,1-2H3. The quantitative estimate of drug-likeness (QED) is 0.147. The fourth-order valence-corrected chi connectivity index (χ4v) is 1.94. The second-order valence-electron chi connectivity index (χ2n) is 5.94. The van der Waals surface area contributed by atoms with Crippen LogP contribution < -0.4 is 0 Å². The predicted molar refractivity (Wildman–Crippen MR) is 109 cm³/mol. The monoisotopic (exact) mass is 454 g/mol. The van der Waals surface area contributed by atoms with Crippen molar-refractivity contribution in [2.24, 2.45) is 0 Å². The van der Waals surface area contributed by atoms with Gasteiger partial charge in [0.05, 0.1) is 120 Å². The molecule has 11 heteroatoms. The second kappa shape index (κ2) is 24.9. The van der Waals surface area contributed by atoms with E-state index in [2.05, 4.69) is 9.47 Å². The van der Waals surface area contributed by atoms with Gasteiger partial charge in [0.1, 0.15) is 0 Å². The van der Waals surface area contributed by atoms with E-state index in [0.717, 1.165) is 0 Å². The van der Waals surface area contributed by atoms with Crippen LogP contribution >= 0.6 is 0 Å². The molecule has 0 aromatic rings. The Bertz CT molecular complexity index is 371. The highest BCUT2D eigenvalue weighted by molar-refractivity contribution is 5.69. The van der Waals surface area contributed by atoms with Crippen LogP contribution in [0.25, 0.3) is 0 Å². The molecule has 0 aliphatic heterocycles. The number of hydrogen-bond donors (Lipinski definition) is 0. The Morgan fingerprint density at radius 2 is 0.581 bits per heavy atom. The zero-order valence-corrected chi connectivity index (χ0v) is 18.8. The van der Waals surface area contributed by atoms with Crippen LogP contribution in [0, 0.1) is 0 Å². The van der Waals surface area contributed by atoms with Gasteiger partial charge in [-0.3, -0.25) is 9.59 Å². The lowest BCUT2D eigenvalue weighted by Gasteiger charge is -2.08.